The number of benzene rings is 1. The highest BCUT2D eigenvalue weighted by atomic mass is 35.5. The van der Waals surface area contributed by atoms with Gasteiger partial charge in [-0.05, 0) is 24.6 Å². The number of likely N-dealkylation sites (N-methyl/N-ethyl adjacent to an activating group) is 1. The van der Waals surface area contributed by atoms with Crippen molar-refractivity contribution in [1.82, 2.24) is 4.90 Å². The van der Waals surface area contributed by atoms with Crippen LogP contribution in [0.1, 0.15) is 18.9 Å². The van der Waals surface area contributed by atoms with Gasteiger partial charge >= 0.3 is 0 Å². The van der Waals surface area contributed by atoms with Gasteiger partial charge in [0.15, 0.2) is 0 Å². The van der Waals surface area contributed by atoms with Crippen LogP contribution >= 0.6 is 23.8 Å². The Hall–Kier alpha value is -1.33. The van der Waals surface area contributed by atoms with Gasteiger partial charge in [-0.3, -0.25) is 4.79 Å². The van der Waals surface area contributed by atoms with E-state index in [1.807, 2.05) is 11.0 Å². The molecule has 0 aliphatic rings. The van der Waals surface area contributed by atoms with Gasteiger partial charge in [0.25, 0.3) is 0 Å². The van der Waals surface area contributed by atoms with Gasteiger partial charge in [0.1, 0.15) is 4.99 Å². The van der Waals surface area contributed by atoms with Crippen LogP contribution in [-0.2, 0) is 4.79 Å². The van der Waals surface area contributed by atoms with E-state index in [4.69, 9.17) is 29.6 Å². The Morgan fingerprint density at radius 1 is 1.40 bits per heavy atom. The first-order valence-electron chi connectivity index (χ1n) is 6.41. The molecule has 0 fully saturated rings. The minimum Gasteiger partial charge on any atom is -0.389 e. The highest BCUT2D eigenvalue weighted by molar-refractivity contribution is 7.80. The normalized spacial score (nSPS) is 10.2. The first kappa shape index (κ1) is 16.7. The number of nitrogens with zero attached hydrogens (tertiary/aromatic N) is 2. The van der Waals surface area contributed by atoms with Gasteiger partial charge in [0.2, 0.25) is 5.91 Å². The van der Waals surface area contributed by atoms with E-state index >= 15 is 0 Å². The second-order valence-corrected chi connectivity index (χ2v) is 5.59. The molecule has 1 aromatic rings. The molecule has 0 aliphatic heterocycles. The second kappa shape index (κ2) is 7.45. The van der Waals surface area contributed by atoms with E-state index < -0.39 is 0 Å². The molecule has 1 aromatic carbocycles. The lowest BCUT2D eigenvalue weighted by Gasteiger charge is -2.25. The number of nitrogens with two attached hydrogens (primary N) is 1. The molecule has 0 aliphatic carbocycles. The number of hydrogen-bond donors (Lipinski definition) is 1. The molecule has 20 heavy (non-hydrogen) atoms. The Balaban J connectivity index is 3.00. The molecular formula is C14H20ClN3OS. The summed E-state index contributed by atoms with van der Waals surface area (Å²) in [7, 11) is 3.49. The SMILES string of the molecule is CCCN(CC(=O)N(C)C)c1ccc(C(N)=S)c(Cl)c1. The van der Waals surface area contributed by atoms with Crippen molar-refractivity contribution in [2.24, 2.45) is 5.73 Å². The fraction of sp³-hybridized carbons (Fsp3) is 0.429. The fourth-order valence-corrected chi connectivity index (χ4v) is 2.29. The summed E-state index contributed by atoms with van der Waals surface area (Å²) in [5, 5.41) is 0.508. The standard InChI is InChI=1S/C14H20ClN3OS/c1-4-7-18(9-13(19)17(2)3)10-5-6-11(14(16)20)12(15)8-10/h5-6,8H,4,7,9H2,1-3H3,(H2,16,20). The lowest BCUT2D eigenvalue weighted by Crippen LogP contribution is -2.37. The summed E-state index contributed by atoms with van der Waals surface area (Å²) in [6, 6.07) is 5.48. The van der Waals surface area contributed by atoms with Crippen LogP contribution < -0.4 is 10.6 Å². The van der Waals surface area contributed by atoms with E-state index in [0.29, 0.717) is 17.1 Å². The highest BCUT2D eigenvalue weighted by Gasteiger charge is 2.14. The van der Waals surface area contributed by atoms with Gasteiger partial charge in [-0.1, -0.05) is 30.7 Å². The summed E-state index contributed by atoms with van der Waals surface area (Å²) in [6.45, 7) is 3.17. The first-order valence-corrected chi connectivity index (χ1v) is 7.19. The molecule has 0 saturated carbocycles. The highest BCUT2D eigenvalue weighted by Crippen LogP contribution is 2.24. The van der Waals surface area contributed by atoms with Crippen molar-refractivity contribution in [3.8, 4) is 0 Å². The third kappa shape index (κ3) is 4.35. The maximum Gasteiger partial charge on any atom is 0.241 e. The fourth-order valence-electron chi connectivity index (χ4n) is 1.77. The minimum atomic E-state index is 0.0491. The molecule has 1 amide bonds. The molecule has 2 N–H and O–H groups in total. The number of anilines is 1. The molecule has 0 radical (unpaired) electrons. The van der Waals surface area contributed by atoms with Crippen molar-refractivity contribution in [2.45, 2.75) is 13.3 Å². The van der Waals surface area contributed by atoms with Crippen LogP contribution in [-0.4, -0.2) is 43.0 Å². The van der Waals surface area contributed by atoms with Gasteiger partial charge in [-0.15, -0.1) is 0 Å². The summed E-state index contributed by atoms with van der Waals surface area (Å²) in [5.41, 5.74) is 7.14. The number of rotatable bonds is 6. The average Bonchev–Trinajstić information content (AvgIpc) is 2.37. The number of carbonyl (C=O) groups excluding carboxylic acids is 1. The second-order valence-electron chi connectivity index (χ2n) is 4.74. The van der Waals surface area contributed by atoms with Crippen molar-refractivity contribution in [2.75, 3.05) is 32.1 Å². The molecule has 6 heteroatoms. The molecule has 0 bridgehead atoms. The van der Waals surface area contributed by atoms with Crippen LogP contribution in [0.25, 0.3) is 0 Å². The maximum absolute atomic E-state index is 11.9. The number of carbonyl (C=O) groups is 1. The Bertz CT molecular complexity index is 505. The zero-order chi connectivity index (χ0) is 15.3. The van der Waals surface area contributed by atoms with Crippen LogP contribution in [0.2, 0.25) is 5.02 Å². The van der Waals surface area contributed by atoms with E-state index in [2.05, 4.69) is 6.92 Å². The van der Waals surface area contributed by atoms with E-state index in [9.17, 15) is 4.79 Å². The van der Waals surface area contributed by atoms with Gasteiger partial charge in [0, 0.05) is 31.9 Å². The Morgan fingerprint density at radius 3 is 2.50 bits per heavy atom. The Morgan fingerprint density at radius 2 is 2.05 bits per heavy atom. The van der Waals surface area contributed by atoms with E-state index in [1.54, 1.807) is 31.1 Å². The quantitative estimate of drug-likeness (QED) is 0.819. The largest absolute Gasteiger partial charge is 0.389 e. The molecule has 4 nitrogen and oxygen atoms in total. The molecule has 0 spiro atoms. The van der Waals surface area contributed by atoms with Crippen LogP contribution in [0.3, 0.4) is 0 Å². The van der Waals surface area contributed by atoms with Crippen LogP contribution in [0, 0.1) is 0 Å². The molecule has 0 unspecified atom stereocenters. The summed E-state index contributed by atoms with van der Waals surface area (Å²) < 4.78 is 0. The lowest BCUT2D eigenvalue weighted by molar-refractivity contribution is -0.127. The monoisotopic (exact) mass is 313 g/mol. The third-order valence-electron chi connectivity index (χ3n) is 2.90. The van der Waals surface area contributed by atoms with E-state index in [-0.39, 0.29) is 10.9 Å². The number of amides is 1. The summed E-state index contributed by atoms with van der Waals surface area (Å²) >= 11 is 11.1. The third-order valence-corrected chi connectivity index (χ3v) is 3.43. The van der Waals surface area contributed by atoms with Crippen molar-refractivity contribution < 1.29 is 4.79 Å². The number of thiocarbonyl (C=S) groups is 1. The van der Waals surface area contributed by atoms with Crippen molar-refractivity contribution in [1.29, 1.82) is 0 Å². The van der Waals surface area contributed by atoms with Crippen LogP contribution in [0.15, 0.2) is 18.2 Å². The number of halogens is 1. The Kier molecular flexibility index (Phi) is 6.23. The van der Waals surface area contributed by atoms with Crippen LogP contribution in [0.5, 0.6) is 0 Å². The Labute approximate surface area is 130 Å². The predicted octanol–water partition coefficient (Wildman–Crippen LogP) is 2.28. The van der Waals surface area contributed by atoms with Gasteiger partial charge in [0.05, 0.1) is 11.6 Å². The molecule has 110 valence electrons. The van der Waals surface area contributed by atoms with Crippen LogP contribution in [0.4, 0.5) is 5.69 Å². The zero-order valence-corrected chi connectivity index (χ0v) is 13.6. The van der Waals surface area contributed by atoms with Crippen molar-refractivity contribution >= 4 is 40.4 Å². The van der Waals surface area contributed by atoms with E-state index in [0.717, 1.165) is 18.7 Å². The summed E-state index contributed by atoms with van der Waals surface area (Å²) in [4.78, 5) is 15.7. The predicted molar refractivity (Wildman–Crippen MR) is 88.5 cm³/mol. The summed E-state index contributed by atoms with van der Waals surface area (Å²) in [6.07, 6.45) is 0.940. The molecule has 0 heterocycles. The van der Waals surface area contributed by atoms with E-state index in [1.165, 1.54) is 0 Å². The van der Waals surface area contributed by atoms with Gasteiger partial charge < -0.3 is 15.5 Å². The van der Waals surface area contributed by atoms with Crippen molar-refractivity contribution in [3.05, 3.63) is 28.8 Å². The van der Waals surface area contributed by atoms with Gasteiger partial charge in [-0.2, -0.15) is 0 Å². The average molecular weight is 314 g/mol. The molecule has 0 saturated heterocycles. The summed E-state index contributed by atoms with van der Waals surface area (Å²) in [5.74, 6) is 0.0491. The smallest absolute Gasteiger partial charge is 0.241 e. The maximum atomic E-state index is 11.9. The molecular weight excluding hydrogens is 294 g/mol. The first-order chi connectivity index (χ1) is 9.36. The minimum absolute atomic E-state index is 0.0491. The number of hydrogen-bond acceptors (Lipinski definition) is 3. The zero-order valence-electron chi connectivity index (χ0n) is 12.0. The molecule has 1 rings (SSSR count). The van der Waals surface area contributed by atoms with Gasteiger partial charge in [-0.25, -0.2) is 0 Å². The molecule has 0 aromatic heterocycles. The lowest BCUT2D eigenvalue weighted by atomic mass is 10.2. The van der Waals surface area contributed by atoms with Crippen molar-refractivity contribution in [3.63, 3.8) is 0 Å². The molecule has 0 atom stereocenters. The topological polar surface area (TPSA) is 49.6 Å².